The maximum absolute atomic E-state index is 6.31. The maximum atomic E-state index is 6.31. The summed E-state index contributed by atoms with van der Waals surface area (Å²) in [5.74, 6) is 1.45. The predicted molar refractivity (Wildman–Crippen MR) is 66.9 cm³/mol. The number of halogens is 1. The third kappa shape index (κ3) is 2.85. The van der Waals surface area contributed by atoms with Crippen LogP contribution in [0.2, 0.25) is 0 Å². The number of aromatic nitrogens is 2. The van der Waals surface area contributed by atoms with Crippen molar-refractivity contribution in [3.05, 3.63) is 18.1 Å². The van der Waals surface area contributed by atoms with Crippen molar-refractivity contribution in [1.29, 1.82) is 0 Å². The molecule has 1 aliphatic carbocycles. The van der Waals surface area contributed by atoms with Gasteiger partial charge in [-0.25, -0.2) is 4.98 Å². The molecular formula is C12H18ClN3. The van der Waals surface area contributed by atoms with Gasteiger partial charge in [-0.3, -0.25) is 4.98 Å². The number of alkyl halides is 1. The van der Waals surface area contributed by atoms with Crippen molar-refractivity contribution in [2.75, 3.05) is 11.9 Å². The highest BCUT2D eigenvalue weighted by atomic mass is 35.5. The lowest BCUT2D eigenvalue weighted by Crippen LogP contribution is -2.27. The molecule has 0 aliphatic heterocycles. The molecule has 1 aliphatic rings. The van der Waals surface area contributed by atoms with Crippen LogP contribution in [0.4, 0.5) is 5.82 Å². The molecular weight excluding hydrogens is 222 g/mol. The van der Waals surface area contributed by atoms with E-state index in [1.807, 2.05) is 6.92 Å². The number of hydrogen-bond donors (Lipinski definition) is 1. The molecule has 0 amide bonds. The molecule has 2 atom stereocenters. The van der Waals surface area contributed by atoms with Crippen molar-refractivity contribution in [1.82, 2.24) is 9.97 Å². The molecule has 1 heterocycles. The number of rotatable bonds is 3. The van der Waals surface area contributed by atoms with Gasteiger partial charge in [-0.2, -0.15) is 0 Å². The first-order valence-corrected chi connectivity index (χ1v) is 6.36. The summed E-state index contributed by atoms with van der Waals surface area (Å²) in [6, 6.07) is 0. The van der Waals surface area contributed by atoms with Crippen molar-refractivity contribution in [3.8, 4) is 0 Å². The standard InChI is InChI=1S/C12H18ClN3/c1-9-12(15-7-6-14-9)16-8-10-4-2-3-5-11(10)13/h6-7,10-11H,2-5,8H2,1H3,(H,15,16). The highest BCUT2D eigenvalue weighted by Gasteiger charge is 2.22. The van der Waals surface area contributed by atoms with Crippen LogP contribution in [0, 0.1) is 12.8 Å². The lowest BCUT2D eigenvalue weighted by molar-refractivity contribution is 0.380. The quantitative estimate of drug-likeness (QED) is 0.824. The van der Waals surface area contributed by atoms with E-state index < -0.39 is 0 Å². The Morgan fingerprint density at radius 3 is 2.81 bits per heavy atom. The van der Waals surface area contributed by atoms with E-state index in [0.29, 0.717) is 11.3 Å². The summed E-state index contributed by atoms with van der Waals surface area (Å²) >= 11 is 6.31. The van der Waals surface area contributed by atoms with E-state index in [9.17, 15) is 0 Å². The largest absolute Gasteiger partial charge is 0.368 e. The molecule has 16 heavy (non-hydrogen) atoms. The van der Waals surface area contributed by atoms with Crippen LogP contribution >= 0.6 is 11.6 Å². The Morgan fingerprint density at radius 2 is 2.06 bits per heavy atom. The molecule has 0 spiro atoms. The summed E-state index contributed by atoms with van der Waals surface area (Å²) in [6.45, 7) is 2.88. The summed E-state index contributed by atoms with van der Waals surface area (Å²) in [7, 11) is 0. The molecule has 0 saturated heterocycles. The van der Waals surface area contributed by atoms with Crippen molar-refractivity contribution in [2.24, 2.45) is 5.92 Å². The van der Waals surface area contributed by atoms with Gasteiger partial charge >= 0.3 is 0 Å². The maximum Gasteiger partial charge on any atom is 0.147 e. The van der Waals surface area contributed by atoms with Crippen molar-refractivity contribution < 1.29 is 0 Å². The Labute approximate surface area is 102 Å². The Morgan fingerprint density at radius 1 is 1.31 bits per heavy atom. The molecule has 0 aromatic carbocycles. The average Bonchev–Trinajstić information content (AvgIpc) is 2.30. The van der Waals surface area contributed by atoms with Crippen LogP contribution in [-0.4, -0.2) is 21.9 Å². The molecule has 3 nitrogen and oxygen atoms in total. The van der Waals surface area contributed by atoms with E-state index in [4.69, 9.17) is 11.6 Å². The van der Waals surface area contributed by atoms with E-state index >= 15 is 0 Å². The second kappa shape index (κ2) is 5.48. The summed E-state index contributed by atoms with van der Waals surface area (Å²) in [5.41, 5.74) is 0.949. The van der Waals surface area contributed by atoms with Gasteiger partial charge in [0.25, 0.3) is 0 Å². The third-order valence-electron chi connectivity index (χ3n) is 3.23. The molecule has 4 heteroatoms. The minimum atomic E-state index is 0.318. The predicted octanol–water partition coefficient (Wildman–Crippen LogP) is 2.99. The fourth-order valence-corrected chi connectivity index (χ4v) is 2.57. The minimum absolute atomic E-state index is 0.318. The van der Waals surface area contributed by atoms with Gasteiger partial charge in [0.2, 0.25) is 0 Å². The molecule has 1 fully saturated rings. The van der Waals surface area contributed by atoms with Crippen molar-refractivity contribution in [3.63, 3.8) is 0 Å². The van der Waals surface area contributed by atoms with Gasteiger partial charge in [-0.15, -0.1) is 11.6 Å². The molecule has 1 aromatic heterocycles. The molecule has 1 saturated carbocycles. The number of aryl methyl sites for hydroxylation is 1. The molecule has 88 valence electrons. The van der Waals surface area contributed by atoms with E-state index in [0.717, 1.165) is 24.5 Å². The average molecular weight is 240 g/mol. The van der Waals surface area contributed by atoms with Gasteiger partial charge in [0, 0.05) is 24.3 Å². The second-order valence-corrected chi connectivity index (χ2v) is 4.99. The zero-order chi connectivity index (χ0) is 11.4. The number of hydrogen-bond acceptors (Lipinski definition) is 3. The fourth-order valence-electron chi connectivity index (χ4n) is 2.20. The van der Waals surface area contributed by atoms with Gasteiger partial charge < -0.3 is 5.32 Å². The van der Waals surface area contributed by atoms with E-state index in [-0.39, 0.29) is 0 Å². The van der Waals surface area contributed by atoms with Crippen LogP contribution in [0.3, 0.4) is 0 Å². The van der Waals surface area contributed by atoms with E-state index in [1.54, 1.807) is 12.4 Å². The summed E-state index contributed by atoms with van der Waals surface area (Å²) < 4.78 is 0. The fraction of sp³-hybridized carbons (Fsp3) is 0.667. The van der Waals surface area contributed by atoms with E-state index in [2.05, 4.69) is 15.3 Å². The number of nitrogens with zero attached hydrogens (tertiary/aromatic N) is 2. The summed E-state index contributed by atoms with van der Waals surface area (Å²) in [6.07, 6.45) is 8.37. The van der Waals surface area contributed by atoms with Crippen LogP contribution < -0.4 is 5.32 Å². The molecule has 1 aromatic rings. The van der Waals surface area contributed by atoms with Gasteiger partial charge in [0.1, 0.15) is 5.82 Å². The monoisotopic (exact) mass is 239 g/mol. The minimum Gasteiger partial charge on any atom is -0.368 e. The SMILES string of the molecule is Cc1nccnc1NCC1CCCCC1Cl. The van der Waals surface area contributed by atoms with Crippen LogP contribution in [0.25, 0.3) is 0 Å². The topological polar surface area (TPSA) is 37.8 Å². The zero-order valence-electron chi connectivity index (χ0n) is 9.62. The van der Waals surface area contributed by atoms with Crippen LogP contribution in [0.1, 0.15) is 31.4 Å². The molecule has 2 rings (SSSR count). The Hall–Kier alpha value is -0.830. The number of nitrogens with one attached hydrogen (secondary N) is 1. The van der Waals surface area contributed by atoms with E-state index in [1.165, 1.54) is 19.3 Å². The zero-order valence-corrected chi connectivity index (χ0v) is 10.4. The first-order valence-electron chi connectivity index (χ1n) is 5.93. The molecule has 1 N–H and O–H groups in total. The van der Waals surface area contributed by atoms with Crippen molar-refractivity contribution in [2.45, 2.75) is 38.0 Å². The van der Waals surface area contributed by atoms with Crippen LogP contribution in [0.5, 0.6) is 0 Å². The third-order valence-corrected chi connectivity index (χ3v) is 3.80. The molecule has 0 bridgehead atoms. The highest BCUT2D eigenvalue weighted by molar-refractivity contribution is 6.20. The molecule has 2 unspecified atom stereocenters. The summed E-state index contributed by atoms with van der Waals surface area (Å²) in [5, 5.41) is 3.67. The second-order valence-electron chi connectivity index (χ2n) is 4.43. The highest BCUT2D eigenvalue weighted by Crippen LogP contribution is 2.28. The van der Waals surface area contributed by atoms with Gasteiger partial charge in [-0.05, 0) is 25.7 Å². The van der Waals surface area contributed by atoms with Gasteiger partial charge in [0.15, 0.2) is 0 Å². The van der Waals surface area contributed by atoms with Crippen molar-refractivity contribution >= 4 is 17.4 Å². The number of anilines is 1. The molecule has 0 radical (unpaired) electrons. The normalized spacial score (nSPS) is 25.4. The first-order chi connectivity index (χ1) is 7.77. The Kier molecular flexibility index (Phi) is 3.99. The van der Waals surface area contributed by atoms with Crippen LogP contribution in [0.15, 0.2) is 12.4 Å². The smallest absolute Gasteiger partial charge is 0.147 e. The van der Waals surface area contributed by atoms with Crippen LogP contribution in [-0.2, 0) is 0 Å². The Bertz CT molecular complexity index is 343. The first kappa shape index (κ1) is 11.6. The summed E-state index contributed by atoms with van der Waals surface area (Å²) in [4.78, 5) is 8.47. The van der Waals surface area contributed by atoms with Gasteiger partial charge in [-0.1, -0.05) is 12.8 Å². The lowest BCUT2D eigenvalue weighted by Gasteiger charge is -2.27. The Balaban J connectivity index is 1.89. The van der Waals surface area contributed by atoms with Gasteiger partial charge in [0.05, 0.1) is 5.69 Å². The lowest BCUT2D eigenvalue weighted by atomic mass is 9.89.